The summed E-state index contributed by atoms with van der Waals surface area (Å²) in [6.07, 6.45) is 1.52. The third-order valence-electron chi connectivity index (χ3n) is 4.51. The third kappa shape index (κ3) is 5.55. The van der Waals surface area contributed by atoms with Crippen LogP contribution in [0.4, 0.5) is 5.69 Å². The van der Waals surface area contributed by atoms with Crippen LogP contribution in [0, 0.1) is 0 Å². The van der Waals surface area contributed by atoms with Crippen molar-refractivity contribution >= 4 is 33.2 Å². The summed E-state index contributed by atoms with van der Waals surface area (Å²) in [5.41, 5.74) is 1.49. The normalized spacial score (nSPS) is 12.6. The number of sulfonamides is 1. The van der Waals surface area contributed by atoms with E-state index in [2.05, 4.69) is 5.32 Å². The SMILES string of the molecule is CCS(=O)(=O)N(CC(=O)NCCCc1ccc(Cl)cc1)c1ccc2c(c1)OCO2. The largest absolute Gasteiger partial charge is 0.454 e. The Labute approximate surface area is 175 Å². The minimum absolute atomic E-state index is 0.0907. The van der Waals surface area contributed by atoms with Gasteiger partial charge in [0.05, 0.1) is 11.4 Å². The maximum absolute atomic E-state index is 12.5. The zero-order chi connectivity index (χ0) is 20.9. The van der Waals surface area contributed by atoms with Gasteiger partial charge < -0.3 is 14.8 Å². The lowest BCUT2D eigenvalue weighted by Crippen LogP contribution is -2.41. The van der Waals surface area contributed by atoms with E-state index in [0.29, 0.717) is 28.8 Å². The molecule has 1 N–H and O–H groups in total. The van der Waals surface area contributed by atoms with Gasteiger partial charge in [-0.05, 0) is 49.6 Å². The maximum atomic E-state index is 12.5. The van der Waals surface area contributed by atoms with Crippen molar-refractivity contribution in [3.8, 4) is 11.5 Å². The number of carbonyl (C=O) groups is 1. The van der Waals surface area contributed by atoms with Gasteiger partial charge in [-0.3, -0.25) is 9.10 Å². The van der Waals surface area contributed by atoms with Crippen molar-refractivity contribution in [2.75, 3.05) is 29.9 Å². The van der Waals surface area contributed by atoms with E-state index in [1.807, 2.05) is 24.3 Å². The molecule has 9 heteroatoms. The first-order valence-corrected chi connectivity index (χ1v) is 11.3. The standard InChI is InChI=1S/C20H23ClN2O5S/c1-2-29(25,26)23(17-9-10-18-19(12-17)28-14-27-18)13-20(24)22-11-3-4-15-5-7-16(21)8-6-15/h5-10,12H,2-4,11,13-14H2,1H3,(H,22,24). The van der Waals surface area contributed by atoms with Crippen molar-refractivity contribution in [2.45, 2.75) is 19.8 Å². The first-order chi connectivity index (χ1) is 13.9. The van der Waals surface area contributed by atoms with Gasteiger partial charge in [0.1, 0.15) is 6.54 Å². The number of nitrogens with one attached hydrogen (secondary N) is 1. The van der Waals surface area contributed by atoms with Gasteiger partial charge in [-0.25, -0.2) is 8.42 Å². The molecule has 7 nitrogen and oxygen atoms in total. The van der Waals surface area contributed by atoms with E-state index in [4.69, 9.17) is 21.1 Å². The Kier molecular flexibility index (Phi) is 6.87. The number of carbonyl (C=O) groups excluding carboxylic acids is 1. The first kappa shape index (κ1) is 21.3. The minimum Gasteiger partial charge on any atom is -0.454 e. The average molecular weight is 439 g/mol. The Morgan fingerprint density at radius 2 is 1.86 bits per heavy atom. The summed E-state index contributed by atoms with van der Waals surface area (Å²) in [7, 11) is -3.64. The third-order valence-corrected chi connectivity index (χ3v) is 6.50. The molecule has 156 valence electrons. The van der Waals surface area contributed by atoms with Crippen molar-refractivity contribution in [3.05, 3.63) is 53.1 Å². The number of amides is 1. The molecule has 0 fully saturated rings. The predicted octanol–water partition coefficient (Wildman–Crippen LogP) is 2.97. The van der Waals surface area contributed by atoms with E-state index >= 15 is 0 Å². The van der Waals surface area contributed by atoms with Crippen LogP contribution in [0.25, 0.3) is 0 Å². The molecule has 0 radical (unpaired) electrons. The zero-order valence-electron chi connectivity index (χ0n) is 16.1. The lowest BCUT2D eigenvalue weighted by molar-refractivity contribution is -0.119. The van der Waals surface area contributed by atoms with Crippen LogP contribution in [0.3, 0.4) is 0 Å². The number of benzene rings is 2. The van der Waals surface area contributed by atoms with Crippen molar-refractivity contribution in [1.29, 1.82) is 0 Å². The molecule has 0 saturated heterocycles. The second-order valence-electron chi connectivity index (χ2n) is 6.52. The van der Waals surface area contributed by atoms with Crippen LogP contribution in [0.1, 0.15) is 18.9 Å². The van der Waals surface area contributed by atoms with Crippen LogP contribution in [0.15, 0.2) is 42.5 Å². The van der Waals surface area contributed by atoms with Gasteiger partial charge in [0.15, 0.2) is 11.5 Å². The Morgan fingerprint density at radius 3 is 2.59 bits per heavy atom. The number of halogens is 1. The number of ether oxygens (including phenoxy) is 2. The fourth-order valence-electron chi connectivity index (χ4n) is 2.90. The molecular weight excluding hydrogens is 416 g/mol. The van der Waals surface area contributed by atoms with Gasteiger partial charge in [0, 0.05) is 17.6 Å². The van der Waals surface area contributed by atoms with Crippen LogP contribution >= 0.6 is 11.6 Å². The summed E-state index contributed by atoms with van der Waals surface area (Å²) in [6.45, 7) is 1.78. The quantitative estimate of drug-likeness (QED) is 0.608. The molecule has 0 spiro atoms. The van der Waals surface area contributed by atoms with Crippen LogP contribution in [0.2, 0.25) is 5.02 Å². The van der Waals surface area contributed by atoms with E-state index in [-0.39, 0.29) is 25.0 Å². The summed E-state index contributed by atoms with van der Waals surface area (Å²) in [5, 5.41) is 3.47. The fraction of sp³-hybridized carbons (Fsp3) is 0.350. The molecule has 29 heavy (non-hydrogen) atoms. The van der Waals surface area contributed by atoms with Crippen molar-refractivity contribution in [2.24, 2.45) is 0 Å². The van der Waals surface area contributed by atoms with E-state index in [1.54, 1.807) is 25.1 Å². The second kappa shape index (κ2) is 9.37. The number of anilines is 1. The van der Waals surface area contributed by atoms with Gasteiger partial charge in [-0.15, -0.1) is 0 Å². The number of fused-ring (bicyclic) bond motifs is 1. The van der Waals surface area contributed by atoms with Gasteiger partial charge in [-0.2, -0.15) is 0 Å². The highest BCUT2D eigenvalue weighted by atomic mass is 35.5. The molecule has 0 bridgehead atoms. The van der Waals surface area contributed by atoms with Crippen molar-refractivity contribution in [3.63, 3.8) is 0 Å². The van der Waals surface area contributed by atoms with E-state index < -0.39 is 10.0 Å². The highest BCUT2D eigenvalue weighted by Gasteiger charge is 2.25. The van der Waals surface area contributed by atoms with Crippen molar-refractivity contribution < 1.29 is 22.7 Å². The topological polar surface area (TPSA) is 84.9 Å². The summed E-state index contributed by atoms with van der Waals surface area (Å²) < 4.78 is 36.8. The molecule has 1 heterocycles. The monoisotopic (exact) mass is 438 g/mol. The fourth-order valence-corrected chi connectivity index (χ4v) is 4.09. The van der Waals surface area contributed by atoms with Crippen LogP contribution in [0.5, 0.6) is 11.5 Å². The average Bonchev–Trinajstić information content (AvgIpc) is 3.18. The maximum Gasteiger partial charge on any atom is 0.240 e. The lowest BCUT2D eigenvalue weighted by atomic mass is 10.1. The number of hydrogen-bond acceptors (Lipinski definition) is 5. The van der Waals surface area contributed by atoms with Gasteiger partial charge in [0.2, 0.25) is 22.7 Å². The minimum atomic E-state index is -3.64. The molecule has 3 rings (SSSR count). The Hall–Kier alpha value is -2.45. The van der Waals surface area contributed by atoms with E-state index in [9.17, 15) is 13.2 Å². The molecule has 0 aromatic heterocycles. The summed E-state index contributed by atoms with van der Waals surface area (Å²) in [4.78, 5) is 12.4. The van der Waals surface area contributed by atoms with Crippen LogP contribution in [-0.4, -0.2) is 40.0 Å². The van der Waals surface area contributed by atoms with Gasteiger partial charge in [0.25, 0.3) is 0 Å². The zero-order valence-corrected chi connectivity index (χ0v) is 17.6. The Bertz CT molecular complexity index is 963. The second-order valence-corrected chi connectivity index (χ2v) is 9.14. The molecular formula is C20H23ClN2O5S. The molecule has 2 aromatic carbocycles. The molecule has 0 saturated carbocycles. The van der Waals surface area contributed by atoms with Gasteiger partial charge >= 0.3 is 0 Å². The Balaban J connectivity index is 1.59. The first-order valence-electron chi connectivity index (χ1n) is 9.30. The molecule has 0 atom stereocenters. The highest BCUT2D eigenvalue weighted by molar-refractivity contribution is 7.92. The van der Waals surface area contributed by atoms with E-state index in [1.165, 1.54) is 0 Å². The van der Waals surface area contributed by atoms with Crippen LogP contribution in [-0.2, 0) is 21.2 Å². The molecule has 2 aromatic rings. The number of hydrogen-bond donors (Lipinski definition) is 1. The number of rotatable bonds is 9. The number of nitrogens with zero attached hydrogens (tertiary/aromatic N) is 1. The predicted molar refractivity (Wildman–Crippen MR) is 112 cm³/mol. The Morgan fingerprint density at radius 1 is 1.14 bits per heavy atom. The molecule has 0 aliphatic carbocycles. The lowest BCUT2D eigenvalue weighted by Gasteiger charge is -2.23. The smallest absolute Gasteiger partial charge is 0.240 e. The summed E-state index contributed by atoms with van der Waals surface area (Å²) in [6, 6.07) is 12.4. The molecule has 1 amide bonds. The summed E-state index contributed by atoms with van der Waals surface area (Å²) in [5.74, 6) is 0.526. The van der Waals surface area contributed by atoms with Crippen LogP contribution < -0.4 is 19.1 Å². The molecule has 1 aliphatic rings. The van der Waals surface area contributed by atoms with Crippen molar-refractivity contribution in [1.82, 2.24) is 5.32 Å². The number of aryl methyl sites for hydroxylation is 1. The van der Waals surface area contributed by atoms with E-state index in [0.717, 1.165) is 22.7 Å². The molecule has 0 unspecified atom stereocenters. The summed E-state index contributed by atoms with van der Waals surface area (Å²) >= 11 is 5.87. The van der Waals surface area contributed by atoms with Gasteiger partial charge in [-0.1, -0.05) is 23.7 Å². The molecule has 1 aliphatic heterocycles. The highest BCUT2D eigenvalue weighted by Crippen LogP contribution is 2.36.